The SMILES string of the molecule is C(=C\C1CCCCN1)/c1ccno1. The maximum absolute atomic E-state index is 4.96. The molecule has 1 unspecified atom stereocenters. The van der Waals surface area contributed by atoms with Crippen molar-refractivity contribution in [2.45, 2.75) is 25.3 Å². The molecule has 1 N–H and O–H groups in total. The maximum atomic E-state index is 4.96. The van der Waals surface area contributed by atoms with Crippen LogP contribution in [0.4, 0.5) is 0 Å². The average molecular weight is 178 g/mol. The van der Waals surface area contributed by atoms with Crippen molar-refractivity contribution in [3.63, 3.8) is 0 Å². The Morgan fingerprint density at radius 2 is 2.54 bits per heavy atom. The Bertz CT molecular complexity index is 260. The molecule has 2 rings (SSSR count). The van der Waals surface area contributed by atoms with E-state index in [4.69, 9.17) is 4.52 Å². The van der Waals surface area contributed by atoms with E-state index >= 15 is 0 Å². The van der Waals surface area contributed by atoms with Gasteiger partial charge in [0.2, 0.25) is 0 Å². The minimum Gasteiger partial charge on any atom is -0.357 e. The Hall–Kier alpha value is -1.09. The van der Waals surface area contributed by atoms with Gasteiger partial charge in [-0.2, -0.15) is 0 Å². The van der Waals surface area contributed by atoms with E-state index in [0.717, 1.165) is 12.3 Å². The standard InChI is InChI=1S/C10H14N2O/c1-2-7-11-9(3-1)4-5-10-6-8-12-13-10/h4-6,8-9,11H,1-3,7H2/b5-4+. The van der Waals surface area contributed by atoms with Crippen LogP contribution in [0.1, 0.15) is 25.0 Å². The van der Waals surface area contributed by atoms with Gasteiger partial charge in [-0.3, -0.25) is 0 Å². The second kappa shape index (κ2) is 4.23. The van der Waals surface area contributed by atoms with E-state index < -0.39 is 0 Å². The predicted molar refractivity (Wildman–Crippen MR) is 51.2 cm³/mol. The van der Waals surface area contributed by atoms with E-state index in [9.17, 15) is 0 Å². The third-order valence-corrected chi connectivity index (χ3v) is 2.30. The quantitative estimate of drug-likeness (QED) is 0.750. The molecule has 1 aromatic heterocycles. The third-order valence-electron chi connectivity index (χ3n) is 2.30. The molecule has 2 heterocycles. The first-order valence-electron chi connectivity index (χ1n) is 4.77. The molecule has 1 aliphatic rings. The molecule has 1 aromatic rings. The molecule has 0 saturated carbocycles. The summed E-state index contributed by atoms with van der Waals surface area (Å²) in [5.74, 6) is 0.826. The van der Waals surface area contributed by atoms with Gasteiger partial charge in [0.25, 0.3) is 0 Å². The molecule has 13 heavy (non-hydrogen) atoms. The van der Waals surface area contributed by atoms with Crippen molar-refractivity contribution in [2.75, 3.05) is 6.54 Å². The first-order chi connectivity index (χ1) is 6.45. The topological polar surface area (TPSA) is 38.1 Å². The van der Waals surface area contributed by atoms with Crippen LogP contribution in [0.25, 0.3) is 6.08 Å². The van der Waals surface area contributed by atoms with E-state index in [1.54, 1.807) is 6.20 Å². The van der Waals surface area contributed by atoms with Crippen molar-refractivity contribution in [1.82, 2.24) is 10.5 Å². The number of hydrogen-bond acceptors (Lipinski definition) is 3. The molecule has 0 radical (unpaired) electrons. The summed E-state index contributed by atoms with van der Waals surface area (Å²) in [6.07, 6.45) is 9.64. The third kappa shape index (κ3) is 2.42. The van der Waals surface area contributed by atoms with E-state index in [0.29, 0.717) is 6.04 Å². The van der Waals surface area contributed by atoms with Crippen LogP contribution in [0.3, 0.4) is 0 Å². The van der Waals surface area contributed by atoms with Crippen LogP contribution in [-0.4, -0.2) is 17.7 Å². The summed E-state index contributed by atoms with van der Waals surface area (Å²) in [4.78, 5) is 0. The Morgan fingerprint density at radius 1 is 1.54 bits per heavy atom. The van der Waals surface area contributed by atoms with Gasteiger partial charge in [0.15, 0.2) is 5.76 Å². The Morgan fingerprint density at radius 3 is 3.23 bits per heavy atom. The Kier molecular flexibility index (Phi) is 2.77. The maximum Gasteiger partial charge on any atom is 0.159 e. The lowest BCUT2D eigenvalue weighted by atomic mass is 10.0. The van der Waals surface area contributed by atoms with Gasteiger partial charge in [0.1, 0.15) is 0 Å². The second-order valence-electron chi connectivity index (χ2n) is 3.33. The molecule has 0 aromatic carbocycles. The van der Waals surface area contributed by atoms with Gasteiger partial charge in [-0.05, 0) is 25.5 Å². The van der Waals surface area contributed by atoms with Crippen LogP contribution in [0.2, 0.25) is 0 Å². The lowest BCUT2D eigenvalue weighted by Crippen LogP contribution is -2.31. The zero-order chi connectivity index (χ0) is 8.93. The molecule has 1 fully saturated rings. The van der Waals surface area contributed by atoms with Gasteiger partial charge in [-0.1, -0.05) is 17.7 Å². The molecule has 70 valence electrons. The molecule has 3 heteroatoms. The highest BCUT2D eigenvalue weighted by Crippen LogP contribution is 2.09. The fourth-order valence-corrected chi connectivity index (χ4v) is 1.57. The van der Waals surface area contributed by atoms with Gasteiger partial charge in [0, 0.05) is 12.1 Å². The van der Waals surface area contributed by atoms with E-state index in [1.165, 1.54) is 19.3 Å². The molecule has 0 spiro atoms. The lowest BCUT2D eigenvalue weighted by molar-refractivity contribution is 0.411. The summed E-state index contributed by atoms with van der Waals surface area (Å²) in [6.45, 7) is 1.13. The van der Waals surface area contributed by atoms with Crippen molar-refractivity contribution in [1.29, 1.82) is 0 Å². The highest BCUT2D eigenvalue weighted by molar-refractivity contribution is 5.42. The molecule has 1 atom stereocenters. The Labute approximate surface area is 77.8 Å². The van der Waals surface area contributed by atoms with Gasteiger partial charge in [-0.15, -0.1) is 0 Å². The fraction of sp³-hybridized carbons (Fsp3) is 0.500. The largest absolute Gasteiger partial charge is 0.357 e. The highest BCUT2D eigenvalue weighted by atomic mass is 16.5. The van der Waals surface area contributed by atoms with E-state index in [1.807, 2.05) is 12.1 Å². The highest BCUT2D eigenvalue weighted by Gasteiger charge is 2.08. The van der Waals surface area contributed by atoms with Crippen LogP contribution < -0.4 is 5.32 Å². The first kappa shape index (κ1) is 8.51. The monoisotopic (exact) mass is 178 g/mol. The summed E-state index contributed by atoms with van der Waals surface area (Å²) < 4.78 is 4.96. The predicted octanol–water partition coefficient (Wildman–Crippen LogP) is 1.83. The van der Waals surface area contributed by atoms with Gasteiger partial charge in [-0.25, -0.2) is 0 Å². The molecule has 0 bridgehead atoms. The second-order valence-corrected chi connectivity index (χ2v) is 3.33. The van der Waals surface area contributed by atoms with Crippen LogP contribution >= 0.6 is 0 Å². The normalized spacial score (nSPS) is 23.8. The van der Waals surface area contributed by atoms with Crippen LogP contribution in [0, 0.1) is 0 Å². The average Bonchev–Trinajstić information content (AvgIpc) is 2.69. The minimum atomic E-state index is 0.513. The molecule has 0 aliphatic carbocycles. The number of piperidine rings is 1. The van der Waals surface area contributed by atoms with Gasteiger partial charge >= 0.3 is 0 Å². The summed E-state index contributed by atoms with van der Waals surface area (Å²) in [5, 5.41) is 7.07. The number of nitrogens with zero attached hydrogens (tertiary/aromatic N) is 1. The molecular formula is C10H14N2O. The first-order valence-corrected chi connectivity index (χ1v) is 4.77. The molecule has 1 aliphatic heterocycles. The Balaban J connectivity index is 1.89. The number of aromatic nitrogens is 1. The summed E-state index contributed by atoms with van der Waals surface area (Å²) in [7, 11) is 0. The molecule has 3 nitrogen and oxygen atoms in total. The number of nitrogens with one attached hydrogen (secondary N) is 1. The van der Waals surface area contributed by atoms with Crippen LogP contribution in [0.15, 0.2) is 22.9 Å². The minimum absolute atomic E-state index is 0.513. The van der Waals surface area contributed by atoms with Gasteiger partial charge < -0.3 is 9.84 Å². The molecule has 0 amide bonds. The van der Waals surface area contributed by atoms with Crippen molar-refractivity contribution in [3.8, 4) is 0 Å². The van der Waals surface area contributed by atoms with Crippen molar-refractivity contribution < 1.29 is 4.52 Å². The van der Waals surface area contributed by atoms with Crippen LogP contribution in [-0.2, 0) is 0 Å². The fourth-order valence-electron chi connectivity index (χ4n) is 1.57. The van der Waals surface area contributed by atoms with E-state index in [-0.39, 0.29) is 0 Å². The van der Waals surface area contributed by atoms with Crippen LogP contribution in [0.5, 0.6) is 0 Å². The summed E-state index contributed by atoms with van der Waals surface area (Å²) >= 11 is 0. The van der Waals surface area contributed by atoms with Crippen molar-refractivity contribution in [2.24, 2.45) is 0 Å². The number of rotatable bonds is 2. The zero-order valence-corrected chi connectivity index (χ0v) is 7.57. The van der Waals surface area contributed by atoms with Gasteiger partial charge in [0.05, 0.1) is 6.20 Å². The lowest BCUT2D eigenvalue weighted by Gasteiger charge is -2.19. The van der Waals surface area contributed by atoms with Crippen molar-refractivity contribution in [3.05, 3.63) is 24.1 Å². The summed E-state index contributed by atoms with van der Waals surface area (Å²) in [5.41, 5.74) is 0. The summed E-state index contributed by atoms with van der Waals surface area (Å²) in [6, 6.07) is 2.37. The molecular weight excluding hydrogens is 164 g/mol. The van der Waals surface area contributed by atoms with Crippen molar-refractivity contribution >= 4 is 6.08 Å². The molecule has 1 saturated heterocycles. The smallest absolute Gasteiger partial charge is 0.159 e. The zero-order valence-electron chi connectivity index (χ0n) is 7.57. The number of hydrogen-bond donors (Lipinski definition) is 1. The van der Waals surface area contributed by atoms with E-state index in [2.05, 4.69) is 16.5 Å².